The van der Waals surface area contributed by atoms with Crippen molar-refractivity contribution < 1.29 is 14.3 Å². The Balaban J connectivity index is 1.53. The van der Waals surface area contributed by atoms with Crippen LogP contribution in [0.25, 0.3) is 5.69 Å². The number of aliphatic hydroxyl groups is 1. The number of nitrogens with one attached hydrogen (secondary N) is 1. The van der Waals surface area contributed by atoms with Crippen LogP contribution < -0.4 is 5.32 Å². The lowest BCUT2D eigenvalue weighted by atomic mass is 9.97. The van der Waals surface area contributed by atoms with Crippen LogP contribution in [0.4, 0.5) is 4.39 Å². The van der Waals surface area contributed by atoms with Crippen molar-refractivity contribution in [3.8, 4) is 5.69 Å². The Bertz CT molecular complexity index is 1000. The van der Waals surface area contributed by atoms with E-state index in [0.29, 0.717) is 18.4 Å². The highest BCUT2D eigenvalue weighted by Gasteiger charge is 2.27. The van der Waals surface area contributed by atoms with Gasteiger partial charge in [-0.2, -0.15) is 5.10 Å². The molecule has 0 unspecified atom stereocenters. The number of hydrogen-bond acceptors (Lipinski definition) is 3. The van der Waals surface area contributed by atoms with E-state index in [1.807, 2.05) is 36.5 Å². The average Bonchev–Trinajstić information content (AvgIpc) is 3.38. The molecule has 0 bridgehead atoms. The molecule has 29 heavy (non-hydrogen) atoms. The van der Waals surface area contributed by atoms with E-state index in [4.69, 9.17) is 0 Å². The molecule has 6 heteroatoms. The first kappa shape index (κ1) is 19.3. The zero-order valence-corrected chi connectivity index (χ0v) is 16.3. The number of aromatic nitrogens is 2. The first-order chi connectivity index (χ1) is 14.0. The summed E-state index contributed by atoms with van der Waals surface area (Å²) in [6.45, 7) is 1.73. The lowest BCUT2D eigenvalue weighted by Gasteiger charge is -2.17. The van der Waals surface area contributed by atoms with Crippen molar-refractivity contribution in [2.75, 3.05) is 0 Å². The number of carbonyl (C=O) groups is 1. The Labute approximate surface area is 169 Å². The number of benzene rings is 2. The van der Waals surface area contributed by atoms with Gasteiger partial charge in [0.05, 0.1) is 17.8 Å². The van der Waals surface area contributed by atoms with E-state index in [1.54, 1.807) is 23.9 Å². The molecule has 2 atom stereocenters. The monoisotopic (exact) mass is 393 g/mol. The van der Waals surface area contributed by atoms with Gasteiger partial charge in [0.2, 0.25) is 0 Å². The lowest BCUT2D eigenvalue weighted by molar-refractivity contribution is 0.0872. The smallest absolute Gasteiger partial charge is 0.251 e. The molecule has 5 nitrogen and oxygen atoms in total. The number of nitrogens with zero attached hydrogens (tertiary/aromatic N) is 2. The summed E-state index contributed by atoms with van der Waals surface area (Å²) in [4.78, 5) is 12.6. The fourth-order valence-corrected chi connectivity index (χ4v) is 3.82. The zero-order chi connectivity index (χ0) is 20.4. The van der Waals surface area contributed by atoms with E-state index in [-0.39, 0.29) is 17.5 Å². The minimum atomic E-state index is -0.526. The van der Waals surface area contributed by atoms with Crippen LogP contribution in [0.2, 0.25) is 0 Å². The van der Waals surface area contributed by atoms with Crippen molar-refractivity contribution in [1.29, 1.82) is 0 Å². The topological polar surface area (TPSA) is 67.2 Å². The molecule has 150 valence electrons. The first-order valence-corrected chi connectivity index (χ1v) is 9.88. The summed E-state index contributed by atoms with van der Waals surface area (Å²) in [6, 6.07) is 12.5. The van der Waals surface area contributed by atoms with E-state index >= 15 is 0 Å². The summed E-state index contributed by atoms with van der Waals surface area (Å²) >= 11 is 0. The van der Waals surface area contributed by atoms with Crippen molar-refractivity contribution in [3.05, 3.63) is 82.9 Å². The van der Waals surface area contributed by atoms with Crippen LogP contribution in [0.15, 0.2) is 54.9 Å². The van der Waals surface area contributed by atoms with Gasteiger partial charge in [-0.3, -0.25) is 4.79 Å². The predicted octanol–water partition coefficient (Wildman–Crippen LogP) is 3.55. The molecular formula is C23H24FN3O2. The van der Waals surface area contributed by atoms with Gasteiger partial charge in [-0.25, -0.2) is 9.07 Å². The van der Waals surface area contributed by atoms with E-state index in [1.165, 1.54) is 6.07 Å². The van der Waals surface area contributed by atoms with Crippen molar-refractivity contribution in [2.24, 2.45) is 0 Å². The van der Waals surface area contributed by atoms with Gasteiger partial charge in [0.15, 0.2) is 0 Å². The molecular weight excluding hydrogens is 369 g/mol. The van der Waals surface area contributed by atoms with Crippen LogP contribution in [0.1, 0.15) is 46.3 Å². The Morgan fingerprint density at radius 3 is 2.72 bits per heavy atom. The molecule has 1 amide bonds. The second-order valence-electron chi connectivity index (χ2n) is 7.61. The van der Waals surface area contributed by atoms with E-state index in [0.717, 1.165) is 29.7 Å². The van der Waals surface area contributed by atoms with Crippen LogP contribution in [0.5, 0.6) is 0 Å². The molecule has 1 aromatic heterocycles. The molecule has 1 aliphatic rings. The predicted molar refractivity (Wildman–Crippen MR) is 109 cm³/mol. The summed E-state index contributed by atoms with van der Waals surface area (Å²) < 4.78 is 16.3. The van der Waals surface area contributed by atoms with Gasteiger partial charge >= 0.3 is 0 Å². The van der Waals surface area contributed by atoms with Gasteiger partial charge in [0.25, 0.3) is 5.91 Å². The summed E-state index contributed by atoms with van der Waals surface area (Å²) in [7, 11) is 0. The molecule has 1 fully saturated rings. The van der Waals surface area contributed by atoms with Crippen LogP contribution in [0.3, 0.4) is 0 Å². The van der Waals surface area contributed by atoms with Gasteiger partial charge in [-0.1, -0.05) is 12.1 Å². The maximum Gasteiger partial charge on any atom is 0.251 e. The SMILES string of the molecule is Cc1c(F)cc(C(=O)N[C@H]2CCC[C@@H]2O)cc1Cc1ccc(-n2cccn2)cc1. The van der Waals surface area contributed by atoms with E-state index < -0.39 is 11.9 Å². The van der Waals surface area contributed by atoms with E-state index in [2.05, 4.69) is 10.4 Å². The lowest BCUT2D eigenvalue weighted by Crippen LogP contribution is -2.39. The van der Waals surface area contributed by atoms with Crippen molar-refractivity contribution in [3.63, 3.8) is 0 Å². The Morgan fingerprint density at radius 2 is 2.07 bits per heavy atom. The second-order valence-corrected chi connectivity index (χ2v) is 7.61. The fraction of sp³-hybridized carbons (Fsp3) is 0.304. The van der Waals surface area contributed by atoms with Crippen molar-refractivity contribution >= 4 is 5.91 Å². The Hall–Kier alpha value is -2.99. The number of carbonyl (C=O) groups excluding carboxylic acids is 1. The number of amides is 1. The third kappa shape index (κ3) is 4.22. The number of halogens is 1. The third-order valence-corrected chi connectivity index (χ3v) is 5.61. The largest absolute Gasteiger partial charge is 0.391 e. The highest BCUT2D eigenvalue weighted by atomic mass is 19.1. The molecule has 1 saturated carbocycles. The van der Waals surface area contributed by atoms with Gasteiger partial charge < -0.3 is 10.4 Å². The summed E-state index contributed by atoms with van der Waals surface area (Å²) in [5.74, 6) is -0.738. The minimum absolute atomic E-state index is 0.259. The molecule has 4 rings (SSSR count). The normalized spacial score (nSPS) is 18.7. The van der Waals surface area contributed by atoms with Gasteiger partial charge in [0, 0.05) is 18.0 Å². The average molecular weight is 393 g/mol. The van der Waals surface area contributed by atoms with Crippen LogP contribution >= 0.6 is 0 Å². The highest BCUT2D eigenvalue weighted by molar-refractivity contribution is 5.94. The quantitative estimate of drug-likeness (QED) is 0.697. The van der Waals surface area contributed by atoms with Gasteiger partial charge in [-0.05, 0) is 79.6 Å². The summed E-state index contributed by atoms with van der Waals surface area (Å²) in [5.41, 5.74) is 3.57. The molecule has 0 aliphatic heterocycles. The molecule has 0 spiro atoms. The van der Waals surface area contributed by atoms with Crippen LogP contribution in [-0.2, 0) is 6.42 Å². The molecule has 2 N–H and O–H groups in total. The van der Waals surface area contributed by atoms with Gasteiger partial charge in [0.1, 0.15) is 5.82 Å². The molecule has 2 aromatic carbocycles. The second kappa shape index (κ2) is 8.17. The Kier molecular flexibility index (Phi) is 5.45. The molecule has 0 radical (unpaired) electrons. The van der Waals surface area contributed by atoms with Crippen LogP contribution in [-0.4, -0.2) is 32.9 Å². The zero-order valence-electron chi connectivity index (χ0n) is 16.3. The first-order valence-electron chi connectivity index (χ1n) is 9.88. The minimum Gasteiger partial charge on any atom is -0.391 e. The van der Waals surface area contributed by atoms with Crippen molar-refractivity contribution in [1.82, 2.24) is 15.1 Å². The van der Waals surface area contributed by atoms with Crippen molar-refractivity contribution in [2.45, 2.75) is 44.8 Å². The molecule has 3 aromatic rings. The standard InChI is InChI=1S/C23H24FN3O2/c1-15-17(12-16-6-8-19(9-7-16)27-11-3-10-25-27)13-18(14-20(15)24)23(29)26-21-4-2-5-22(21)28/h3,6-11,13-14,21-22,28H,2,4-5,12H2,1H3,(H,26,29)/t21-,22-/m0/s1. The number of aliphatic hydroxyl groups excluding tert-OH is 1. The fourth-order valence-electron chi connectivity index (χ4n) is 3.82. The molecule has 0 saturated heterocycles. The number of rotatable bonds is 5. The third-order valence-electron chi connectivity index (χ3n) is 5.61. The maximum absolute atomic E-state index is 14.5. The number of hydrogen-bond donors (Lipinski definition) is 2. The van der Waals surface area contributed by atoms with Gasteiger partial charge in [-0.15, -0.1) is 0 Å². The molecule has 1 aliphatic carbocycles. The summed E-state index contributed by atoms with van der Waals surface area (Å²) in [6.07, 6.45) is 5.91. The molecule has 1 heterocycles. The Morgan fingerprint density at radius 1 is 1.28 bits per heavy atom. The highest BCUT2D eigenvalue weighted by Crippen LogP contribution is 2.22. The maximum atomic E-state index is 14.5. The van der Waals surface area contributed by atoms with Crippen LogP contribution in [0, 0.1) is 12.7 Å². The summed E-state index contributed by atoms with van der Waals surface area (Å²) in [5, 5.41) is 17.0. The van der Waals surface area contributed by atoms with E-state index in [9.17, 15) is 14.3 Å².